The first-order chi connectivity index (χ1) is 20.2. The molecule has 1 fully saturated rings. The average Bonchev–Trinajstić information content (AvgIpc) is 3.32. The molecule has 1 aromatic heterocycles. The lowest BCUT2D eigenvalue weighted by Crippen LogP contribution is -2.49. The molecule has 3 aromatic rings. The van der Waals surface area contributed by atoms with E-state index in [4.69, 9.17) is 16.7 Å². The third kappa shape index (κ3) is 6.72. The van der Waals surface area contributed by atoms with Gasteiger partial charge in [0, 0.05) is 88.2 Å². The fourth-order valence-electron chi connectivity index (χ4n) is 5.88. The highest BCUT2D eigenvalue weighted by Gasteiger charge is 2.29. The van der Waals surface area contributed by atoms with Crippen molar-refractivity contribution in [1.29, 1.82) is 0 Å². The number of para-hydroxylation sites is 1. The number of anilines is 2. The van der Waals surface area contributed by atoms with Gasteiger partial charge in [0.25, 0.3) is 0 Å². The largest absolute Gasteiger partial charge is 0.390 e. The number of rotatable bonds is 8. The second kappa shape index (κ2) is 13.1. The summed E-state index contributed by atoms with van der Waals surface area (Å²) in [5, 5.41) is 22.1. The van der Waals surface area contributed by atoms with Gasteiger partial charge in [-0.3, -0.25) is 14.4 Å². The molecular formula is C31H40ClN7O3. The predicted molar refractivity (Wildman–Crippen MR) is 166 cm³/mol. The van der Waals surface area contributed by atoms with Crippen molar-refractivity contribution in [2.24, 2.45) is 0 Å². The molecule has 11 heteroatoms. The van der Waals surface area contributed by atoms with Crippen LogP contribution in [0.25, 0.3) is 11.3 Å². The summed E-state index contributed by atoms with van der Waals surface area (Å²) in [5.41, 5.74) is 6.54. The van der Waals surface area contributed by atoms with Crippen LogP contribution in [0.4, 0.5) is 16.2 Å². The van der Waals surface area contributed by atoms with Crippen LogP contribution >= 0.6 is 11.6 Å². The summed E-state index contributed by atoms with van der Waals surface area (Å²) in [6.07, 6.45) is 0.0549. The molecule has 3 amide bonds. The molecule has 1 atom stereocenters. The zero-order valence-electron chi connectivity index (χ0n) is 24.6. The van der Waals surface area contributed by atoms with Gasteiger partial charge >= 0.3 is 6.03 Å². The van der Waals surface area contributed by atoms with Crippen LogP contribution < -0.4 is 15.5 Å². The molecule has 0 spiro atoms. The number of aliphatic hydroxyl groups excluding tert-OH is 1. The van der Waals surface area contributed by atoms with Gasteiger partial charge in [-0.2, -0.15) is 5.10 Å². The first kappa shape index (κ1) is 29.9. The summed E-state index contributed by atoms with van der Waals surface area (Å²) < 4.78 is 1.90. The van der Waals surface area contributed by atoms with E-state index in [1.807, 2.05) is 28.6 Å². The van der Waals surface area contributed by atoms with Gasteiger partial charge in [-0.15, -0.1) is 0 Å². The molecule has 1 saturated heterocycles. The number of fused-ring (bicyclic) bond motifs is 1. The number of amides is 3. The van der Waals surface area contributed by atoms with Crippen molar-refractivity contribution in [3.8, 4) is 11.3 Å². The first-order valence-corrected chi connectivity index (χ1v) is 15.0. The Kier molecular flexibility index (Phi) is 9.35. The van der Waals surface area contributed by atoms with E-state index in [9.17, 15) is 14.7 Å². The van der Waals surface area contributed by atoms with E-state index in [1.165, 1.54) is 11.3 Å². The highest BCUT2D eigenvalue weighted by Crippen LogP contribution is 2.34. The number of aliphatic hydroxyl groups is 1. The highest BCUT2D eigenvalue weighted by atomic mass is 35.5. The predicted octanol–water partition coefficient (Wildman–Crippen LogP) is 3.74. The molecule has 2 aromatic carbocycles. The molecule has 0 bridgehead atoms. The monoisotopic (exact) mass is 593 g/mol. The zero-order chi connectivity index (χ0) is 29.8. The quantitative estimate of drug-likeness (QED) is 0.367. The minimum absolute atomic E-state index is 0.0129. The molecule has 2 aliphatic heterocycles. The molecule has 0 aliphatic carbocycles. The molecular weight excluding hydrogens is 554 g/mol. The Hall–Kier alpha value is -3.60. The number of urea groups is 1. The molecule has 5 rings (SSSR count). The summed E-state index contributed by atoms with van der Waals surface area (Å²) in [6.45, 7) is 11.6. The van der Waals surface area contributed by atoms with Crippen LogP contribution in [-0.2, 0) is 24.3 Å². The third-order valence-electron chi connectivity index (χ3n) is 8.09. The van der Waals surface area contributed by atoms with Crippen molar-refractivity contribution < 1.29 is 14.7 Å². The van der Waals surface area contributed by atoms with Gasteiger partial charge in [0.2, 0.25) is 5.91 Å². The Labute approximate surface area is 252 Å². The SMILES string of the molecule is CCNC(=O)Nc1cc(-c2nn(CC(O)CN3CCN(c4ccccc4C)CC3)c3c2CN(C(C)=O)CC3)ccc1Cl. The fourth-order valence-corrected chi connectivity index (χ4v) is 6.05. The normalized spacial score (nSPS) is 16.2. The second-order valence-electron chi connectivity index (χ2n) is 11.1. The van der Waals surface area contributed by atoms with Gasteiger partial charge < -0.3 is 25.5 Å². The van der Waals surface area contributed by atoms with Crippen LogP contribution in [0.3, 0.4) is 0 Å². The van der Waals surface area contributed by atoms with Gasteiger partial charge in [-0.05, 0) is 37.6 Å². The molecule has 1 unspecified atom stereocenters. The fraction of sp³-hybridized carbons (Fsp3) is 0.452. The number of β-amino-alcohol motifs (C(OH)–C–C–N with tert-alkyl or cyclic N) is 1. The van der Waals surface area contributed by atoms with E-state index < -0.39 is 6.10 Å². The third-order valence-corrected chi connectivity index (χ3v) is 8.42. The van der Waals surface area contributed by atoms with E-state index >= 15 is 0 Å². The number of nitrogens with zero attached hydrogens (tertiary/aromatic N) is 5. The Morgan fingerprint density at radius 1 is 1.07 bits per heavy atom. The maximum Gasteiger partial charge on any atom is 0.319 e. The Morgan fingerprint density at radius 2 is 1.83 bits per heavy atom. The summed E-state index contributed by atoms with van der Waals surface area (Å²) in [4.78, 5) is 31.0. The minimum Gasteiger partial charge on any atom is -0.390 e. The van der Waals surface area contributed by atoms with Crippen LogP contribution in [0.2, 0.25) is 5.02 Å². The van der Waals surface area contributed by atoms with Gasteiger partial charge in [-0.25, -0.2) is 4.79 Å². The Balaban J connectivity index is 1.32. The zero-order valence-corrected chi connectivity index (χ0v) is 25.3. The lowest BCUT2D eigenvalue weighted by Gasteiger charge is -2.37. The lowest BCUT2D eigenvalue weighted by atomic mass is 10.0. The van der Waals surface area contributed by atoms with E-state index in [-0.39, 0.29) is 11.9 Å². The first-order valence-electron chi connectivity index (χ1n) is 14.6. The van der Waals surface area contributed by atoms with Crippen molar-refractivity contribution in [1.82, 2.24) is 24.9 Å². The summed E-state index contributed by atoms with van der Waals surface area (Å²) in [7, 11) is 0. The molecule has 42 heavy (non-hydrogen) atoms. The Bertz CT molecular complexity index is 1430. The molecule has 0 radical (unpaired) electrons. The number of aromatic nitrogens is 2. The number of carbonyl (C=O) groups is 2. The second-order valence-corrected chi connectivity index (χ2v) is 11.5. The number of nitrogens with one attached hydrogen (secondary N) is 2. The molecule has 2 aliphatic rings. The number of aryl methyl sites for hydroxylation is 1. The maximum atomic E-state index is 12.3. The van der Waals surface area contributed by atoms with E-state index in [0.717, 1.165) is 48.7 Å². The number of halogens is 1. The molecule has 10 nitrogen and oxygen atoms in total. The van der Waals surface area contributed by atoms with Crippen LogP contribution in [-0.4, -0.2) is 88.5 Å². The smallest absolute Gasteiger partial charge is 0.319 e. The van der Waals surface area contributed by atoms with Crippen molar-refractivity contribution >= 4 is 34.9 Å². The van der Waals surface area contributed by atoms with Gasteiger partial charge in [0.05, 0.1) is 29.1 Å². The molecule has 3 N–H and O–H groups in total. The van der Waals surface area contributed by atoms with E-state index in [0.29, 0.717) is 49.9 Å². The Morgan fingerprint density at radius 3 is 2.55 bits per heavy atom. The van der Waals surface area contributed by atoms with Crippen molar-refractivity contribution in [3.05, 3.63) is 64.3 Å². The molecule has 3 heterocycles. The van der Waals surface area contributed by atoms with Crippen molar-refractivity contribution in [3.63, 3.8) is 0 Å². The molecule has 0 saturated carbocycles. The number of hydrogen-bond acceptors (Lipinski definition) is 6. The highest BCUT2D eigenvalue weighted by molar-refractivity contribution is 6.33. The van der Waals surface area contributed by atoms with E-state index in [2.05, 4.69) is 51.6 Å². The number of benzene rings is 2. The van der Waals surface area contributed by atoms with Gasteiger partial charge in [0.15, 0.2) is 0 Å². The summed E-state index contributed by atoms with van der Waals surface area (Å²) in [5.74, 6) is 0.0129. The van der Waals surface area contributed by atoms with E-state index in [1.54, 1.807) is 13.0 Å². The summed E-state index contributed by atoms with van der Waals surface area (Å²) in [6, 6.07) is 13.5. The topological polar surface area (TPSA) is 106 Å². The summed E-state index contributed by atoms with van der Waals surface area (Å²) >= 11 is 6.39. The minimum atomic E-state index is -0.599. The maximum absolute atomic E-state index is 12.3. The number of piperazine rings is 1. The number of hydrogen-bond donors (Lipinski definition) is 3. The number of carbonyl (C=O) groups excluding carboxylic acids is 2. The molecule has 224 valence electrons. The van der Waals surface area contributed by atoms with Crippen LogP contribution in [0.1, 0.15) is 30.7 Å². The van der Waals surface area contributed by atoms with Gasteiger partial charge in [0.1, 0.15) is 0 Å². The van der Waals surface area contributed by atoms with Crippen molar-refractivity contribution in [2.45, 2.75) is 46.4 Å². The van der Waals surface area contributed by atoms with Gasteiger partial charge in [-0.1, -0.05) is 35.9 Å². The van der Waals surface area contributed by atoms with Crippen LogP contribution in [0.15, 0.2) is 42.5 Å². The lowest BCUT2D eigenvalue weighted by molar-refractivity contribution is -0.129. The van der Waals surface area contributed by atoms with Crippen LogP contribution in [0, 0.1) is 6.92 Å². The standard InChI is InChI=1S/C31H40ClN7O3/c1-4-33-31(42)34-27-17-23(9-10-26(27)32)30-25-20-38(22(3)40)12-11-29(25)39(35-30)19-24(41)18-36-13-15-37(16-14-36)28-8-6-5-7-21(28)2/h5-10,17,24,41H,4,11-16,18-20H2,1-3H3,(H2,33,34,42). The average molecular weight is 594 g/mol. The van der Waals surface area contributed by atoms with Crippen molar-refractivity contribution in [2.75, 3.05) is 56.0 Å². The van der Waals surface area contributed by atoms with Crippen LogP contribution in [0.5, 0.6) is 0 Å².